The molecule has 1 saturated heterocycles. The number of amides is 1. The van der Waals surface area contributed by atoms with Crippen LogP contribution in [0, 0.1) is 0 Å². The zero-order valence-electron chi connectivity index (χ0n) is 9.84. The van der Waals surface area contributed by atoms with Crippen LogP contribution in [0.25, 0.3) is 0 Å². The summed E-state index contributed by atoms with van der Waals surface area (Å²) >= 11 is 0. The molecular weight excluding hydrogens is 216 g/mol. The number of nitrogens with two attached hydrogens (primary N) is 1. The maximum atomic E-state index is 10.9. The molecule has 1 unspecified atom stereocenters. The number of nitrogens with zero attached hydrogens (tertiary/aromatic N) is 1. The largest absolute Gasteiger partial charge is 0.440 e. The Kier molecular flexibility index (Phi) is 3.98. The number of hydrogen-bond donors (Lipinski definition) is 1. The average Bonchev–Trinajstić information content (AvgIpc) is 2.82. The quantitative estimate of drug-likeness (QED) is 0.866. The lowest BCUT2D eigenvalue weighted by Crippen LogP contribution is -2.29. The van der Waals surface area contributed by atoms with E-state index >= 15 is 0 Å². The first kappa shape index (κ1) is 11.9. The third-order valence-corrected chi connectivity index (χ3v) is 3.05. The first-order valence-electron chi connectivity index (χ1n) is 5.99. The Balaban J connectivity index is 2.04. The van der Waals surface area contributed by atoms with E-state index in [1.807, 2.05) is 30.3 Å². The van der Waals surface area contributed by atoms with E-state index in [0.29, 0.717) is 0 Å². The first-order valence-corrected chi connectivity index (χ1v) is 5.99. The van der Waals surface area contributed by atoms with Gasteiger partial charge in [-0.1, -0.05) is 30.3 Å². The van der Waals surface area contributed by atoms with Crippen molar-refractivity contribution in [3.63, 3.8) is 0 Å². The summed E-state index contributed by atoms with van der Waals surface area (Å²) in [7, 11) is 0. The maximum absolute atomic E-state index is 10.9. The van der Waals surface area contributed by atoms with Crippen LogP contribution >= 0.6 is 0 Å². The zero-order chi connectivity index (χ0) is 12.1. The second kappa shape index (κ2) is 5.68. The summed E-state index contributed by atoms with van der Waals surface area (Å²) in [6.07, 6.45) is 1.47. The van der Waals surface area contributed by atoms with Crippen LogP contribution in [0.2, 0.25) is 0 Å². The summed E-state index contributed by atoms with van der Waals surface area (Å²) in [6, 6.07) is 9.75. The molecule has 0 spiro atoms. The van der Waals surface area contributed by atoms with Gasteiger partial charge in [-0.15, -0.1) is 0 Å². The highest BCUT2D eigenvalue weighted by Gasteiger charge is 2.21. The molecule has 0 saturated carbocycles. The molecule has 1 atom stereocenters. The van der Waals surface area contributed by atoms with Crippen LogP contribution in [0.3, 0.4) is 0 Å². The molecule has 17 heavy (non-hydrogen) atoms. The fraction of sp³-hybridized carbons (Fsp3) is 0.462. The van der Waals surface area contributed by atoms with Crippen molar-refractivity contribution in [2.45, 2.75) is 18.9 Å². The van der Waals surface area contributed by atoms with E-state index in [1.54, 1.807) is 0 Å². The Labute approximate surface area is 101 Å². The summed E-state index contributed by atoms with van der Waals surface area (Å²) in [5.74, 6) is 0. The van der Waals surface area contributed by atoms with Crippen LogP contribution in [-0.4, -0.2) is 30.6 Å². The molecule has 0 bridgehead atoms. The van der Waals surface area contributed by atoms with Gasteiger partial charge in [-0.05, 0) is 31.5 Å². The molecule has 0 aliphatic carbocycles. The summed E-state index contributed by atoms with van der Waals surface area (Å²) in [4.78, 5) is 13.2. The molecule has 1 heterocycles. The van der Waals surface area contributed by atoms with Crippen molar-refractivity contribution in [2.24, 2.45) is 5.73 Å². The number of carbonyl (C=O) groups is 1. The van der Waals surface area contributed by atoms with Gasteiger partial charge in [0.1, 0.15) is 6.10 Å². The molecule has 1 aromatic rings. The molecule has 1 aliphatic rings. The third-order valence-electron chi connectivity index (χ3n) is 3.05. The Morgan fingerprint density at radius 2 is 1.94 bits per heavy atom. The van der Waals surface area contributed by atoms with Gasteiger partial charge in [0.2, 0.25) is 0 Å². The van der Waals surface area contributed by atoms with E-state index in [0.717, 1.165) is 25.2 Å². The zero-order valence-corrected chi connectivity index (χ0v) is 9.84. The number of hydrogen-bond acceptors (Lipinski definition) is 3. The van der Waals surface area contributed by atoms with Gasteiger partial charge in [-0.3, -0.25) is 4.90 Å². The molecule has 0 aromatic heterocycles. The van der Waals surface area contributed by atoms with Crippen molar-refractivity contribution in [2.75, 3.05) is 19.6 Å². The van der Waals surface area contributed by atoms with E-state index in [2.05, 4.69) is 4.90 Å². The van der Waals surface area contributed by atoms with E-state index in [9.17, 15) is 4.79 Å². The van der Waals surface area contributed by atoms with Crippen LogP contribution in [0.1, 0.15) is 24.5 Å². The Bertz CT molecular complexity index is 361. The van der Waals surface area contributed by atoms with Crippen LogP contribution in [-0.2, 0) is 4.74 Å². The molecule has 92 valence electrons. The number of ether oxygens (including phenoxy) is 1. The van der Waals surface area contributed by atoms with Gasteiger partial charge in [0, 0.05) is 6.54 Å². The fourth-order valence-corrected chi connectivity index (χ4v) is 2.22. The van der Waals surface area contributed by atoms with Gasteiger partial charge in [-0.2, -0.15) is 0 Å². The van der Waals surface area contributed by atoms with E-state index in [4.69, 9.17) is 10.5 Å². The second-order valence-corrected chi connectivity index (χ2v) is 4.34. The SMILES string of the molecule is NC(=O)OC(CN1CCCC1)c1ccccc1. The molecule has 4 nitrogen and oxygen atoms in total. The van der Waals surface area contributed by atoms with Crippen molar-refractivity contribution >= 4 is 6.09 Å². The van der Waals surface area contributed by atoms with Crippen molar-refractivity contribution in [3.8, 4) is 0 Å². The highest BCUT2D eigenvalue weighted by Crippen LogP contribution is 2.20. The lowest BCUT2D eigenvalue weighted by atomic mass is 10.1. The van der Waals surface area contributed by atoms with Crippen molar-refractivity contribution in [1.29, 1.82) is 0 Å². The number of benzene rings is 1. The molecular formula is C13H18N2O2. The predicted octanol–water partition coefficient (Wildman–Crippen LogP) is 1.92. The molecule has 4 heteroatoms. The van der Waals surface area contributed by atoms with Crippen LogP contribution in [0.15, 0.2) is 30.3 Å². The predicted molar refractivity (Wildman–Crippen MR) is 65.5 cm³/mol. The monoisotopic (exact) mass is 234 g/mol. The second-order valence-electron chi connectivity index (χ2n) is 4.34. The van der Waals surface area contributed by atoms with Gasteiger partial charge < -0.3 is 10.5 Å². The molecule has 1 amide bonds. The van der Waals surface area contributed by atoms with Crippen molar-refractivity contribution < 1.29 is 9.53 Å². The third kappa shape index (κ3) is 3.46. The minimum Gasteiger partial charge on any atom is -0.440 e. The van der Waals surface area contributed by atoms with Gasteiger partial charge in [-0.25, -0.2) is 4.79 Å². The van der Waals surface area contributed by atoms with E-state index in [1.165, 1.54) is 12.8 Å². The minimum atomic E-state index is -0.710. The lowest BCUT2D eigenvalue weighted by Gasteiger charge is -2.23. The summed E-state index contributed by atoms with van der Waals surface area (Å²) in [5, 5.41) is 0. The van der Waals surface area contributed by atoms with Crippen molar-refractivity contribution in [1.82, 2.24) is 4.90 Å². The van der Waals surface area contributed by atoms with E-state index in [-0.39, 0.29) is 6.10 Å². The average molecular weight is 234 g/mol. The molecule has 2 N–H and O–H groups in total. The fourth-order valence-electron chi connectivity index (χ4n) is 2.22. The number of rotatable bonds is 4. The molecule has 0 radical (unpaired) electrons. The van der Waals surface area contributed by atoms with E-state index < -0.39 is 6.09 Å². The highest BCUT2D eigenvalue weighted by atomic mass is 16.6. The van der Waals surface area contributed by atoms with Gasteiger partial charge in [0.15, 0.2) is 0 Å². The summed E-state index contributed by atoms with van der Waals surface area (Å²) in [6.45, 7) is 2.88. The molecule has 2 rings (SSSR count). The number of likely N-dealkylation sites (tertiary alicyclic amines) is 1. The normalized spacial score (nSPS) is 17.9. The smallest absolute Gasteiger partial charge is 0.405 e. The summed E-state index contributed by atoms with van der Waals surface area (Å²) < 4.78 is 5.20. The van der Waals surface area contributed by atoms with Crippen LogP contribution in [0.4, 0.5) is 4.79 Å². The first-order chi connectivity index (χ1) is 8.25. The highest BCUT2D eigenvalue weighted by molar-refractivity contribution is 5.65. The van der Waals surface area contributed by atoms with Crippen molar-refractivity contribution in [3.05, 3.63) is 35.9 Å². The van der Waals surface area contributed by atoms with Gasteiger partial charge in [0.05, 0.1) is 0 Å². The van der Waals surface area contributed by atoms with Gasteiger partial charge >= 0.3 is 6.09 Å². The summed E-state index contributed by atoms with van der Waals surface area (Å²) in [5.41, 5.74) is 6.12. The van der Waals surface area contributed by atoms with Crippen LogP contribution in [0.5, 0.6) is 0 Å². The number of primary amides is 1. The molecule has 1 aliphatic heterocycles. The lowest BCUT2D eigenvalue weighted by molar-refractivity contribution is 0.0825. The van der Waals surface area contributed by atoms with Gasteiger partial charge in [0.25, 0.3) is 0 Å². The minimum absolute atomic E-state index is 0.258. The maximum Gasteiger partial charge on any atom is 0.405 e. The molecule has 1 fully saturated rings. The number of carbonyl (C=O) groups excluding carboxylic acids is 1. The Morgan fingerprint density at radius 3 is 2.53 bits per heavy atom. The standard InChI is InChI=1S/C13H18N2O2/c14-13(16)17-12(10-15-8-4-5-9-15)11-6-2-1-3-7-11/h1-3,6-7,12H,4-5,8-10H2,(H2,14,16). The Hall–Kier alpha value is -1.55. The van der Waals surface area contributed by atoms with Crippen LogP contribution < -0.4 is 5.73 Å². The molecule has 1 aromatic carbocycles. The topological polar surface area (TPSA) is 55.6 Å². The Morgan fingerprint density at radius 1 is 1.29 bits per heavy atom.